The Bertz CT molecular complexity index is 1510. The minimum absolute atomic E-state index is 0.0625. The summed E-state index contributed by atoms with van der Waals surface area (Å²) in [5, 5.41) is 21.0. The number of carbonyl (C=O) groups is 1. The maximum absolute atomic E-state index is 14.3. The zero-order chi connectivity index (χ0) is 27.7. The van der Waals surface area contributed by atoms with Crippen LogP contribution in [-0.2, 0) is 6.42 Å². The van der Waals surface area contributed by atoms with Gasteiger partial charge in [-0.05, 0) is 49.3 Å². The molecule has 8 nitrogen and oxygen atoms in total. The molecular formula is C29H29F2N5O3. The first-order valence-electron chi connectivity index (χ1n) is 13.3. The predicted molar refractivity (Wildman–Crippen MR) is 138 cm³/mol. The fraction of sp³-hybridized carbons (Fsp3) is 0.414. The molecule has 5 rings (SSSR count). The van der Waals surface area contributed by atoms with E-state index in [1.54, 1.807) is 22.8 Å². The molecule has 39 heavy (non-hydrogen) atoms. The Balaban J connectivity index is 1.54. The molecule has 0 bridgehead atoms. The summed E-state index contributed by atoms with van der Waals surface area (Å²) in [4.78, 5) is 36.3. The van der Waals surface area contributed by atoms with Crippen LogP contribution in [0.5, 0.6) is 5.88 Å². The highest BCUT2D eigenvalue weighted by Crippen LogP contribution is 2.46. The number of pyridine rings is 1. The zero-order valence-corrected chi connectivity index (χ0v) is 21.6. The van der Waals surface area contributed by atoms with Crippen molar-refractivity contribution in [1.29, 1.82) is 5.26 Å². The highest BCUT2D eigenvalue weighted by Gasteiger charge is 2.39. The second kappa shape index (κ2) is 10.9. The number of amides is 1. The van der Waals surface area contributed by atoms with Gasteiger partial charge in [-0.15, -0.1) is 0 Å². The van der Waals surface area contributed by atoms with Crippen molar-refractivity contribution < 1.29 is 18.7 Å². The fourth-order valence-corrected chi connectivity index (χ4v) is 5.44. The number of aryl methyl sites for hydroxylation is 1. The number of hydrogen-bond donors (Lipinski definition) is 1. The molecule has 202 valence electrons. The minimum Gasteiger partial charge on any atom is -0.494 e. The molecular weight excluding hydrogens is 504 g/mol. The second-order valence-electron chi connectivity index (χ2n) is 10.3. The average Bonchev–Trinajstić information content (AvgIpc) is 3.64. The fourth-order valence-electron chi connectivity index (χ4n) is 5.44. The molecule has 3 aromatic rings. The number of benzene rings is 1. The largest absolute Gasteiger partial charge is 0.494 e. The monoisotopic (exact) mass is 533 g/mol. The van der Waals surface area contributed by atoms with Crippen LogP contribution in [0.1, 0.15) is 84.0 Å². The van der Waals surface area contributed by atoms with Crippen LogP contribution in [0, 0.1) is 28.9 Å². The van der Waals surface area contributed by atoms with Gasteiger partial charge in [-0.3, -0.25) is 19.1 Å². The van der Waals surface area contributed by atoms with Crippen molar-refractivity contribution in [2.75, 3.05) is 13.1 Å². The Morgan fingerprint density at radius 1 is 1.26 bits per heavy atom. The van der Waals surface area contributed by atoms with Gasteiger partial charge in [0.25, 0.3) is 11.5 Å². The summed E-state index contributed by atoms with van der Waals surface area (Å²) >= 11 is 0. The molecule has 1 aliphatic heterocycles. The molecule has 2 atom stereocenters. The molecule has 2 aliphatic rings. The van der Waals surface area contributed by atoms with E-state index in [9.17, 15) is 28.7 Å². The number of rotatable bonds is 8. The Hall–Kier alpha value is -4.13. The zero-order valence-electron chi connectivity index (χ0n) is 21.6. The van der Waals surface area contributed by atoms with Crippen molar-refractivity contribution in [3.8, 4) is 11.9 Å². The van der Waals surface area contributed by atoms with Gasteiger partial charge in [0.2, 0.25) is 5.88 Å². The quantitative estimate of drug-likeness (QED) is 0.457. The van der Waals surface area contributed by atoms with Gasteiger partial charge >= 0.3 is 0 Å². The summed E-state index contributed by atoms with van der Waals surface area (Å²) in [6.45, 7) is 2.30. The first-order chi connectivity index (χ1) is 18.8. The van der Waals surface area contributed by atoms with Gasteiger partial charge in [-0.2, -0.15) is 10.2 Å². The van der Waals surface area contributed by atoms with Crippen LogP contribution in [-0.4, -0.2) is 43.5 Å². The Labute approximate surface area is 224 Å². The lowest BCUT2D eigenvalue weighted by Crippen LogP contribution is -2.36. The summed E-state index contributed by atoms with van der Waals surface area (Å²) in [5.74, 6) is -2.62. The van der Waals surface area contributed by atoms with E-state index in [0.717, 1.165) is 43.5 Å². The molecule has 1 N–H and O–H groups in total. The van der Waals surface area contributed by atoms with Crippen LogP contribution in [0.3, 0.4) is 0 Å². The summed E-state index contributed by atoms with van der Waals surface area (Å²) < 4.78 is 29.3. The number of likely N-dealkylation sites (tertiary alicyclic amines) is 1. The van der Waals surface area contributed by atoms with Crippen molar-refractivity contribution in [2.24, 2.45) is 5.92 Å². The first-order valence-corrected chi connectivity index (χ1v) is 13.3. The van der Waals surface area contributed by atoms with Crippen LogP contribution >= 0.6 is 0 Å². The third-order valence-electron chi connectivity index (χ3n) is 7.54. The third-order valence-corrected chi connectivity index (χ3v) is 7.54. The molecule has 10 heteroatoms. The molecule has 1 saturated heterocycles. The molecule has 1 saturated carbocycles. The lowest BCUT2D eigenvalue weighted by atomic mass is 9.99. The number of halogens is 2. The number of hydrogen-bond acceptors (Lipinski definition) is 6. The minimum atomic E-state index is -0.810. The molecule has 1 aromatic carbocycles. The van der Waals surface area contributed by atoms with Crippen LogP contribution in [0.15, 0.2) is 41.3 Å². The number of nitrogens with zero attached hydrogens (tertiary/aromatic N) is 5. The van der Waals surface area contributed by atoms with Gasteiger partial charge in [0.05, 0.1) is 29.6 Å². The van der Waals surface area contributed by atoms with E-state index < -0.39 is 46.5 Å². The van der Waals surface area contributed by atoms with E-state index in [4.69, 9.17) is 0 Å². The summed E-state index contributed by atoms with van der Waals surface area (Å²) in [5.41, 5.74) is 0.100. The van der Waals surface area contributed by atoms with E-state index in [1.165, 1.54) is 4.90 Å². The molecule has 2 fully saturated rings. The van der Waals surface area contributed by atoms with Gasteiger partial charge in [0.15, 0.2) is 5.56 Å². The smallest absolute Gasteiger partial charge is 0.289 e. The number of aromatic nitrogens is 3. The molecule has 3 heterocycles. The van der Waals surface area contributed by atoms with Crippen molar-refractivity contribution in [3.63, 3.8) is 0 Å². The standard InChI is InChI=1S/C29H29F2N5O3/c1-2-3-7-23-34-27(37)24(28(38)35-11-10-20(16-35)25-22(31)13-21(30)15-33-25)29(39)36(23)26(18-8-9-18)19-6-4-5-17(12-19)14-32/h4-6,12-13,15,18,20,26,39H,2-3,7-11,16H2,1H3/t20?,26-/m0/s1. The van der Waals surface area contributed by atoms with Crippen molar-refractivity contribution in [1.82, 2.24) is 19.4 Å². The summed E-state index contributed by atoms with van der Waals surface area (Å²) in [6.07, 6.45) is 5.13. The maximum Gasteiger partial charge on any atom is 0.289 e. The third kappa shape index (κ3) is 5.26. The number of carbonyl (C=O) groups excluding carboxylic acids is 1. The molecule has 1 aliphatic carbocycles. The topological polar surface area (TPSA) is 112 Å². The van der Waals surface area contributed by atoms with Crippen LogP contribution in [0.25, 0.3) is 0 Å². The number of aromatic hydroxyl groups is 1. The van der Waals surface area contributed by atoms with E-state index in [1.807, 2.05) is 13.0 Å². The van der Waals surface area contributed by atoms with Crippen molar-refractivity contribution >= 4 is 5.91 Å². The molecule has 1 unspecified atom stereocenters. The van der Waals surface area contributed by atoms with E-state index >= 15 is 0 Å². The second-order valence-corrected chi connectivity index (χ2v) is 10.3. The van der Waals surface area contributed by atoms with Crippen LogP contribution < -0.4 is 5.56 Å². The molecule has 0 radical (unpaired) electrons. The van der Waals surface area contributed by atoms with Crippen LogP contribution in [0.2, 0.25) is 0 Å². The van der Waals surface area contributed by atoms with Gasteiger partial charge in [0.1, 0.15) is 17.5 Å². The lowest BCUT2D eigenvalue weighted by Gasteiger charge is -2.27. The van der Waals surface area contributed by atoms with Gasteiger partial charge in [0, 0.05) is 31.5 Å². The SMILES string of the molecule is CCCCc1nc(=O)c(C(=O)N2CCC(c3ncc(F)cc3F)C2)c(O)n1[C@H](c1cccc(C#N)c1)C1CC1. The van der Waals surface area contributed by atoms with E-state index in [2.05, 4.69) is 16.0 Å². The normalized spacial score (nSPS) is 17.7. The predicted octanol–water partition coefficient (Wildman–Crippen LogP) is 4.47. The van der Waals surface area contributed by atoms with E-state index in [-0.39, 0.29) is 24.7 Å². The average molecular weight is 534 g/mol. The molecule has 2 aromatic heterocycles. The van der Waals surface area contributed by atoms with Crippen LogP contribution in [0.4, 0.5) is 8.78 Å². The van der Waals surface area contributed by atoms with Gasteiger partial charge < -0.3 is 10.0 Å². The lowest BCUT2D eigenvalue weighted by molar-refractivity contribution is 0.0782. The Kier molecular flexibility index (Phi) is 7.42. The number of unbranched alkanes of at least 4 members (excludes halogenated alkanes) is 1. The van der Waals surface area contributed by atoms with Gasteiger partial charge in [-0.1, -0.05) is 25.5 Å². The van der Waals surface area contributed by atoms with E-state index in [0.29, 0.717) is 24.2 Å². The Morgan fingerprint density at radius 2 is 2.05 bits per heavy atom. The first kappa shape index (κ1) is 26.5. The molecule has 1 amide bonds. The van der Waals surface area contributed by atoms with Gasteiger partial charge in [-0.25, -0.2) is 8.78 Å². The maximum atomic E-state index is 14.3. The summed E-state index contributed by atoms with van der Waals surface area (Å²) in [6, 6.07) is 9.63. The Morgan fingerprint density at radius 3 is 2.74 bits per heavy atom. The molecule has 0 spiro atoms. The number of nitriles is 1. The summed E-state index contributed by atoms with van der Waals surface area (Å²) in [7, 11) is 0. The van der Waals surface area contributed by atoms with Crippen molar-refractivity contribution in [2.45, 2.75) is 57.4 Å². The highest BCUT2D eigenvalue weighted by atomic mass is 19.1. The van der Waals surface area contributed by atoms with Crippen molar-refractivity contribution in [3.05, 3.63) is 86.7 Å². The highest BCUT2D eigenvalue weighted by molar-refractivity contribution is 5.96.